The van der Waals surface area contributed by atoms with Gasteiger partial charge in [0.1, 0.15) is 0 Å². The van der Waals surface area contributed by atoms with Crippen molar-refractivity contribution >= 4 is 75.0 Å². The number of alkyl halides is 1. The average Bonchev–Trinajstić information content (AvgIpc) is 3.25. The number of thioether (sulfide) groups is 1. The number of hydrazine groups is 1. The van der Waals surface area contributed by atoms with E-state index in [1.54, 1.807) is 20.8 Å². The number of hydrogen-bond acceptors (Lipinski definition) is 6. The van der Waals surface area contributed by atoms with E-state index in [4.69, 9.17) is 34.8 Å². The van der Waals surface area contributed by atoms with E-state index in [-0.39, 0.29) is 17.6 Å². The Hall–Kier alpha value is -3.04. The number of rotatable bonds is 8. The third-order valence-corrected chi connectivity index (χ3v) is 8.71. The van der Waals surface area contributed by atoms with Gasteiger partial charge in [0.05, 0.1) is 17.1 Å². The predicted molar refractivity (Wildman–Crippen MR) is 175 cm³/mol. The molecule has 2 N–H and O–H groups in total. The van der Waals surface area contributed by atoms with Crippen molar-refractivity contribution < 1.29 is 14.4 Å². The number of para-hydroxylation sites is 1. The molecular weight excluding hydrogens is 615 g/mol. The zero-order valence-corrected chi connectivity index (χ0v) is 27.1. The molecule has 1 aliphatic rings. The van der Waals surface area contributed by atoms with E-state index in [9.17, 15) is 14.4 Å². The molecule has 4 rings (SSSR count). The van der Waals surface area contributed by atoms with Gasteiger partial charge in [0.15, 0.2) is 16.5 Å². The van der Waals surface area contributed by atoms with Gasteiger partial charge in [-0.1, -0.05) is 90.4 Å². The lowest BCUT2D eigenvalue weighted by Gasteiger charge is -2.27. The SMILES string of the molecule is CCC(C)(NC(=O)c1cc(Cl)c(C)c(Cl)c1)C(=O)CCl.CSC1=N[C@@](C)(c2ccccc2)C(=O)N1Nc1ccccc1. The van der Waals surface area contributed by atoms with Gasteiger partial charge in [0.25, 0.3) is 11.8 Å². The fourth-order valence-electron chi connectivity index (χ4n) is 4.02. The van der Waals surface area contributed by atoms with E-state index in [1.807, 2.05) is 73.8 Å². The molecular formula is C31H33Cl3N4O3S. The molecule has 2 amide bonds. The maximum Gasteiger partial charge on any atom is 0.279 e. The zero-order valence-electron chi connectivity index (χ0n) is 24.0. The lowest BCUT2D eigenvalue weighted by atomic mass is 9.92. The molecule has 3 aromatic carbocycles. The molecule has 3 aromatic rings. The predicted octanol–water partition coefficient (Wildman–Crippen LogP) is 7.50. The van der Waals surface area contributed by atoms with Crippen LogP contribution in [0.2, 0.25) is 10.0 Å². The molecule has 7 nitrogen and oxygen atoms in total. The molecule has 42 heavy (non-hydrogen) atoms. The second-order valence-corrected chi connectivity index (χ2v) is 11.8. The first-order valence-electron chi connectivity index (χ1n) is 13.1. The van der Waals surface area contributed by atoms with Crippen LogP contribution in [-0.2, 0) is 15.1 Å². The summed E-state index contributed by atoms with van der Waals surface area (Å²) in [6.45, 7) is 7.07. The van der Waals surface area contributed by atoms with E-state index >= 15 is 0 Å². The first kappa shape index (κ1) is 33.5. The number of aliphatic imine (C=N–C) groups is 1. The summed E-state index contributed by atoms with van der Waals surface area (Å²) in [6, 6.07) is 22.3. The highest BCUT2D eigenvalue weighted by Gasteiger charge is 2.46. The molecule has 0 aliphatic carbocycles. The Morgan fingerprint density at radius 2 is 1.57 bits per heavy atom. The van der Waals surface area contributed by atoms with Crippen molar-refractivity contribution in [2.75, 3.05) is 17.6 Å². The summed E-state index contributed by atoms with van der Waals surface area (Å²) < 4.78 is 0. The summed E-state index contributed by atoms with van der Waals surface area (Å²) in [7, 11) is 0. The van der Waals surface area contributed by atoms with Crippen molar-refractivity contribution in [1.82, 2.24) is 10.3 Å². The minimum absolute atomic E-state index is 0.0769. The summed E-state index contributed by atoms with van der Waals surface area (Å²) in [5, 5.41) is 5.71. The number of anilines is 1. The smallest absolute Gasteiger partial charge is 0.279 e. The van der Waals surface area contributed by atoms with Gasteiger partial charge in [0, 0.05) is 15.6 Å². The summed E-state index contributed by atoms with van der Waals surface area (Å²) in [6.07, 6.45) is 2.36. The van der Waals surface area contributed by atoms with Crippen LogP contribution in [-0.4, -0.2) is 45.4 Å². The number of amidine groups is 1. The Bertz CT molecular complexity index is 1450. The minimum Gasteiger partial charge on any atom is -0.340 e. The van der Waals surface area contributed by atoms with Gasteiger partial charge in [-0.05, 0) is 68.8 Å². The fraction of sp³-hybridized carbons (Fsp3) is 0.290. The summed E-state index contributed by atoms with van der Waals surface area (Å²) in [5.74, 6) is -0.872. The number of hydrogen-bond donors (Lipinski definition) is 2. The van der Waals surface area contributed by atoms with E-state index in [2.05, 4.69) is 15.7 Å². The standard InChI is InChI=1S/C17H17N3OS.C14H16Cl3NO2/c1-17(13-9-5-3-6-10-13)15(21)20(16(18-17)22-2)19-14-11-7-4-8-12-14;1-4-14(3,12(19)7-15)18-13(20)9-5-10(16)8(2)11(17)6-9/h3-12,19H,1-2H3;5-6H,4,7H2,1-3H3,(H,18,20)/t17-;/m0./s1. The van der Waals surface area contributed by atoms with Gasteiger partial charge in [-0.25, -0.2) is 4.99 Å². The molecule has 0 saturated carbocycles. The summed E-state index contributed by atoms with van der Waals surface area (Å²) >= 11 is 19.0. The van der Waals surface area contributed by atoms with Crippen molar-refractivity contribution in [3.05, 3.63) is 99.5 Å². The van der Waals surface area contributed by atoms with Gasteiger partial charge in [-0.2, -0.15) is 5.01 Å². The van der Waals surface area contributed by atoms with E-state index in [1.165, 1.54) is 28.9 Å². The molecule has 1 aliphatic heterocycles. The number of benzene rings is 3. The second kappa shape index (κ2) is 14.4. The highest BCUT2D eigenvalue weighted by atomic mass is 35.5. The highest BCUT2D eigenvalue weighted by molar-refractivity contribution is 8.13. The lowest BCUT2D eigenvalue weighted by molar-refractivity contribution is -0.130. The number of nitrogens with one attached hydrogen (secondary N) is 2. The van der Waals surface area contributed by atoms with Gasteiger partial charge < -0.3 is 5.32 Å². The topological polar surface area (TPSA) is 90.9 Å². The Balaban J connectivity index is 0.000000232. The third kappa shape index (κ3) is 7.48. The number of Topliss-reactive ketones (excluding diaryl/α,β-unsaturated/α-hetero) is 1. The largest absolute Gasteiger partial charge is 0.340 e. The first-order chi connectivity index (χ1) is 19.9. The average molecular weight is 648 g/mol. The molecule has 0 bridgehead atoms. The number of carbonyl (C=O) groups excluding carboxylic acids is 3. The molecule has 0 radical (unpaired) electrons. The maximum absolute atomic E-state index is 12.9. The van der Waals surface area contributed by atoms with Crippen LogP contribution in [0.15, 0.2) is 77.8 Å². The van der Waals surface area contributed by atoms with Crippen LogP contribution in [0.5, 0.6) is 0 Å². The van der Waals surface area contributed by atoms with Gasteiger partial charge in [-0.15, -0.1) is 11.6 Å². The normalized spacial score (nSPS) is 17.5. The molecule has 2 atom stereocenters. The minimum atomic E-state index is -0.997. The maximum atomic E-state index is 12.9. The molecule has 0 aromatic heterocycles. The van der Waals surface area contributed by atoms with Crippen LogP contribution < -0.4 is 10.7 Å². The highest BCUT2D eigenvalue weighted by Crippen LogP contribution is 2.35. The Morgan fingerprint density at radius 1 is 1.02 bits per heavy atom. The van der Waals surface area contributed by atoms with Crippen molar-refractivity contribution in [3.63, 3.8) is 0 Å². The quantitative estimate of drug-likeness (QED) is 0.247. The van der Waals surface area contributed by atoms with Gasteiger partial charge >= 0.3 is 0 Å². The van der Waals surface area contributed by atoms with Crippen LogP contribution in [0.25, 0.3) is 0 Å². The number of amides is 2. The number of ketones is 1. The van der Waals surface area contributed by atoms with Crippen molar-refractivity contribution in [1.29, 1.82) is 0 Å². The van der Waals surface area contributed by atoms with Crippen molar-refractivity contribution in [2.24, 2.45) is 4.99 Å². The molecule has 0 fully saturated rings. The molecule has 1 unspecified atom stereocenters. The lowest BCUT2D eigenvalue weighted by Crippen LogP contribution is -2.52. The summed E-state index contributed by atoms with van der Waals surface area (Å²) in [4.78, 5) is 41.7. The molecule has 0 saturated heterocycles. The van der Waals surface area contributed by atoms with Crippen LogP contribution in [0.4, 0.5) is 5.69 Å². The van der Waals surface area contributed by atoms with Crippen LogP contribution in [0, 0.1) is 6.92 Å². The first-order valence-corrected chi connectivity index (χ1v) is 15.6. The van der Waals surface area contributed by atoms with Crippen LogP contribution in [0.1, 0.15) is 48.7 Å². The number of carbonyl (C=O) groups is 3. The zero-order chi connectivity index (χ0) is 31.1. The number of halogens is 3. The third-order valence-electron chi connectivity index (χ3n) is 7.04. The molecule has 1 heterocycles. The van der Waals surface area contributed by atoms with Gasteiger partial charge in [-0.3, -0.25) is 19.8 Å². The van der Waals surface area contributed by atoms with Crippen molar-refractivity contribution in [3.8, 4) is 0 Å². The van der Waals surface area contributed by atoms with E-state index in [0.29, 0.717) is 32.8 Å². The number of nitrogens with zero attached hydrogens (tertiary/aromatic N) is 2. The Morgan fingerprint density at radius 3 is 2.07 bits per heavy atom. The Labute approximate surface area is 266 Å². The van der Waals surface area contributed by atoms with Gasteiger partial charge in [0.2, 0.25) is 0 Å². The molecule has 0 spiro atoms. The van der Waals surface area contributed by atoms with Crippen LogP contribution >= 0.6 is 46.6 Å². The monoisotopic (exact) mass is 646 g/mol. The second-order valence-electron chi connectivity index (χ2n) is 9.92. The van der Waals surface area contributed by atoms with Crippen LogP contribution in [0.3, 0.4) is 0 Å². The van der Waals surface area contributed by atoms with E-state index in [0.717, 1.165) is 11.3 Å². The fourth-order valence-corrected chi connectivity index (χ4v) is 5.39. The van der Waals surface area contributed by atoms with Crippen molar-refractivity contribution in [2.45, 2.75) is 45.2 Å². The Kier molecular flexibility index (Phi) is 11.5. The summed E-state index contributed by atoms with van der Waals surface area (Å²) in [5.41, 5.74) is 4.03. The molecule has 222 valence electrons. The molecule has 11 heteroatoms. The van der Waals surface area contributed by atoms with E-state index < -0.39 is 17.0 Å².